The Morgan fingerprint density at radius 3 is 2.56 bits per heavy atom. The molecule has 0 amide bonds. The average Bonchev–Trinajstić information content (AvgIpc) is 2.31. The standard InChI is InChI=1S/C13H22N2O/c1-3-15(8-9-16)13(10-14)12-7-5-4-6-11(12)2/h4-7,13,16H,3,8-10,14H2,1-2H3. The zero-order chi connectivity index (χ0) is 12.0. The van der Waals surface area contributed by atoms with Gasteiger partial charge in [0, 0.05) is 19.1 Å². The van der Waals surface area contributed by atoms with Crippen LogP contribution in [0.25, 0.3) is 0 Å². The van der Waals surface area contributed by atoms with Gasteiger partial charge in [-0.05, 0) is 24.6 Å². The van der Waals surface area contributed by atoms with E-state index in [0.717, 1.165) is 6.54 Å². The Bertz CT molecular complexity index is 315. The van der Waals surface area contributed by atoms with Gasteiger partial charge in [-0.25, -0.2) is 0 Å². The van der Waals surface area contributed by atoms with E-state index in [0.29, 0.717) is 13.1 Å². The van der Waals surface area contributed by atoms with Gasteiger partial charge in [-0.2, -0.15) is 0 Å². The molecule has 0 aliphatic carbocycles. The highest BCUT2D eigenvalue weighted by molar-refractivity contribution is 5.29. The van der Waals surface area contributed by atoms with Gasteiger partial charge in [-0.1, -0.05) is 31.2 Å². The average molecular weight is 222 g/mol. The van der Waals surface area contributed by atoms with E-state index in [9.17, 15) is 0 Å². The summed E-state index contributed by atoms with van der Waals surface area (Å²) in [6, 6.07) is 8.50. The van der Waals surface area contributed by atoms with Crippen molar-refractivity contribution in [1.29, 1.82) is 0 Å². The minimum Gasteiger partial charge on any atom is -0.395 e. The second kappa shape index (κ2) is 6.63. The van der Waals surface area contributed by atoms with Crippen molar-refractivity contribution in [3.05, 3.63) is 35.4 Å². The number of benzene rings is 1. The van der Waals surface area contributed by atoms with Gasteiger partial charge in [0.05, 0.1) is 6.61 Å². The molecule has 1 aromatic rings. The van der Waals surface area contributed by atoms with Crippen LogP contribution >= 0.6 is 0 Å². The van der Waals surface area contributed by atoms with E-state index >= 15 is 0 Å². The minimum absolute atomic E-state index is 0.177. The fourth-order valence-electron chi connectivity index (χ4n) is 2.10. The molecule has 0 saturated carbocycles. The van der Waals surface area contributed by atoms with Crippen LogP contribution in [0.5, 0.6) is 0 Å². The third-order valence-electron chi connectivity index (χ3n) is 3.00. The van der Waals surface area contributed by atoms with Crippen molar-refractivity contribution < 1.29 is 5.11 Å². The van der Waals surface area contributed by atoms with E-state index in [1.165, 1.54) is 11.1 Å². The summed E-state index contributed by atoms with van der Waals surface area (Å²) >= 11 is 0. The lowest BCUT2D eigenvalue weighted by atomic mass is 10.00. The molecule has 0 bridgehead atoms. The Morgan fingerprint density at radius 2 is 2.06 bits per heavy atom. The van der Waals surface area contributed by atoms with Crippen molar-refractivity contribution in [2.75, 3.05) is 26.2 Å². The Hall–Kier alpha value is -0.900. The van der Waals surface area contributed by atoms with Crippen LogP contribution in [0.3, 0.4) is 0 Å². The van der Waals surface area contributed by atoms with Crippen molar-refractivity contribution in [3.63, 3.8) is 0 Å². The third kappa shape index (κ3) is 3.04. The first-order valence-corrected chi connectivity index (χ1v) is 5.85. The predicted molar refractivity (Wildman–Crippen MR) is 67.3 cm³/mol. The first-order valence-electron chi connectivity index (χ1n) is 5.85. The van der Waals surface area contributed by atoms with Crippen molar-refractivity contribution in [2.24, 2.45) is 5.73 Å². The van der Waals surface area contributed by atoms with E-state index in [1.807, 2.05) is 12.1 Å². The van der Waals surface area contributed by atoms with E-state index in [1.54, 1.807) is 0 Å². The van der Waals surface area contributed by atoms with Gasteiger partial charge in [-0.15, -0.1) is 0 Å². The molecule has 3 N–H and O–H groups in total. The molecule has 0 spiro atoms. The molecule has 1 aromatic carbocycles. The fourth-order valence-corrected chi connectivity index (χ4v) is 2.10. The summed E-state index contributed by atoms with van der Waals surface area (Å²) in [5.41, 5.74) is 8.38. The largest absolute Gasteiger partial charge is 0.395 e. The van der Waals surface area contributed by atoms with E-state index in [4.69, 9.17) is 10.8 Å². The number of likely N-dealkylation sites (N-methyl/N-ethyl adjacent to an activating group) is 1. The van der Waals surface area contributed by atoms with Gasteiger partial charge in [0.1, 0.15) is 0 Å². The van der Waals surface area contributed by atoms with Crippen LogP contribution < -0.4 is 5.73 Å². The van der Waals surface area contributed by atoms with Crippen molar-refractivity contribution in [2.45, 2.75) is 19.9 Å². The first-order chi connectivity index (χ1) is 7.74. The lowest BCUT2D eigenvalue weighted by Gasteiger charge is -2.30. The number of aliphatic hydroxyl groups is 1. The van der Waals surface area contributed by atoms with Crippen LogP contribution in [0, 0.1) is 6.92 Å². The Labute approximate surface area is 97.9 Å². The van der Waals surface area contributed by atoms with Crippen molar-refractivity contribution >= 4 is 0 Å². The molecule has 90 valence electrons. The SMILES string of the molecule is CCN(CCO)C(CN)c1ccccc1C. The smallest absolute Gasteiger partial charge is 0.0558 e. The van der Waals surface area contributed by atoms with E-state index in [-0.39, 0.29) is 12.6 Å². The van der Waals surface area contributed by atoms with E-state index < -0.39 is 0 Å². The molecule has 0 heterocycles. The Morgan fingerprint density at radius 1 is 1.38 bits per heavy atom. The molecule has 0 fully saturated rings. The van der Waals surface area contributed by atoms with Crippen LogP contribution in [-0.2, 0) is 0 Å². The summed E-state index contributed by atoms with van der Waals surface area (Å²) < 4.78 is 0. The molecule has 0 saturated heterocycles. The van der Waals surface area contributed by atoms with Crippen LogP contribution in [0.15, 0.2) is 24.3 Å². The lowest BCUT2D eigenvalue weighted by molar-refractivity contribution is 0.159. The molecule has 3 heteroatoms. The number of hydrogen-bond donors (Lipinski definition) is 2. The summed E-state index contributed by atoms with van der Waals surface area (Å²) in [4.78, 5) is 2.21. The summed E-state index contributed by atoms with van der Waals surface area (Å²) in [5.74, 6) is 0. The Kier molecular flexibility index (Phi) is 5.46. The van der Waals surface area contributed by atoms with Crippen LogP contribution in [-0.4, -0.2) is 36.2 Å². The fraction of sp³-hybridized carbons (Fsp3) is 0.538. The third-order valence-corrected chi connectivity index (χ3v) is 3.00. The number of aliphatic hydroxyl groups excluding tert-OH is 1. The van der Waals surface area contributed by atoms with Gasteiger partial charge in [0.2, 0.25) is 0 Å². The number of nitrogens with zero attached hydrogens (tertiary/aromatic N) is 1. The van der Waals surface area contributed by atoms with Crippen molar-refractivity contribution in [3.8, 4) is 0 Å². The van der Waals surface area contributed by atoms with Gasteiger partial charge >= 0.3 is 0 Å². The van der Waals surface area contributed by atoms with Crippen LogP contribution in [0.2, 0.25) is 0 Å². The Balaban J connectivity index is 2.92. The quantitative estimate of drug-likeness (QED) is 0.763. The molecular formula is C13H22N2O. The summed E-state index contributed by atoms with van der Waals surface area (Å²) in [7, 11) is 0. The molecular weight excluding hydrogens is 200 g/mol. The zero-order valence-corrected chi connectivity index (χ0v) is 10.2. The maximum Gasteiger partial charge on any atom is 0.0558 e. The van der Waals surface area contributed by atoms with Gasteiger partial charge in [-0.3, -0.25) is 4.90 Å². The van der Waals surface area contributed by atoms with Crippen LogP contribution in [0.1, 0.15) is 24.1 Å². The highest BCUT2D eigenvalue weighted by Gasteiger charge is 2.18. The molecule has 1 unspecified atom stereocenters. The highest BCUT2D eigenvalue weighted by atomic mass is 16.3. The van der Waals surface area contributed by atoms with Crippen LogP contribution in [0.4, 0.5) is 0 Å². The van der Waals surface area contributed by atoms with Gasteiger partial charge < -0.3 is 10.8 Å². The predicted octanol–water partition coefficient (Wildman–Crippen LogP) is 1.31. The molecule has 0 aliphatic rings. The number of nitrogens with two attached hydrogens (primary N) is 1. The number of hydrogen-bond acceptors (Lipinski definition) is 3. The summed E-state index contributed by atoms with van der Waals surface area (Å²) in [5, 5.41) is 9.05. The second-order valence-electron chi connectivity index (χ2n) is 3.96. The highest BCUT2D eigenvalue weighted by Crippen LogP contribution is 2.22. The molecule has 1 rings (SSSR count). The molecule has 0 radical (unpaired) electrons. The number of aryl methyl sites for hydroxylation is 1. The summed E-state index contributed by atoms with van der Waals surface area (Å²) in [6.45, 7) is 6.53. The number of rotatable bonds is 6. The minimum atomic E-state index is 0.177. The monoisotopic (exact) mass is 222 g/mol. The maximum absolute atomic E-state index is 9.05. The second-order valence-corrected chi connectivity index (χ2v) is 3.96. The normalized spacial score (nSPS) is 13.1. The molecule has 0 aromatic heterocycles. The molecule has 16 heavy (non-hydrogen) atoms. The maximum atomic E-state index is 9.05. The van der Waals surface area contributed by atoms with Gasteiger partial charge in [0.15, 0.2) is 0 Å². The molecule has 1 atom stereocenters. The molecule has 3 nitrogen and oxygen atoms in total. The van der Waals surface area contributed by atoms with Gasteiger partial charge in [0.25, 0.3) is 0 Å². The molecule has 0 aliphatic heterocycles. The zero-order valence-electron chi connectivity index (χ0n) is 10.2. The first kappa shape index (κ1) is 13.2. The summed E-state index contributed by atoms with van der Waals surface area (Å²) in [6.07, 6.45) is 0. The lowest BCUT2D eigenvalue weighted by Crippen LogP contribution is -2.36. The topological polar surface area (TPSA) is 49.5 Å². The van der Waals surface area contributed by atoms with E-state index in [2.05, 4.69) is 30.9 Å². The van der Waals surface area contributed by atoms with Crippen molar-refractivity contribution in [1.82, 2.24) is 4.90 Å².